The third-order valence-corrected chi connectivity index (χ3v) is 5.03. The second-order valence-electron chi connectivity index (χ2n) is 4.71. The predicted molar refractivity (Wildman–Crippen MR) is 73.3 cm³/mol. The molecule has 0 radical (unpaired) electrons. The summed E-state index contributed by atoms with van der Waals surface area (Å²) in [5.41, 5.74) is -1.39. The second kappa shape index (κ2) is 4.47. The molecule has 4 heteroatoms. The Morgan fingerprint density at radius 1 is 1.11 bits per heavy atom. The van der Waals surface area contributed by atoms with Gasteiger partial charge in [-0.2, -0.15) is 0 Å². The highest BCUT2D eigenvalue weighted by molar-refractivity contribution is 7.86. The smallest absolute Gasteiger partial charge is 0.210 e. The molecule has 19 heavy (non-hydrogen) atoms. The number of hydrogen-bond acceptors (Lipinski definition) is 3. The molecule has 2 aromatic carbocycles. The number of hydrogen-bond donors (Lipinski definition) is 1. The summed E-state index contributed by atoms with van der Waals surface area (Å²) in [6.45, 7) is 1.64. The highest BCUT2D eigenvalue weighted by atomic mass is 32.2. The summed E-state index contributed by atoms with van der Waals surface area (Å²) in [6, 6.07) is 16.4. The van der Waals surface area contributed by atoms with Gasteiger partial charge in [-0.25, -0.2) is 0 Å². The Hall–Kier alpha value is -1.65. The Labute approximate surface area is 114 Å². The molecule has 0 saturated heterocycles. The van der Waals surface area contributed by atoms with Gasteiger partial charge in [-0.3, -0.25) is 4.21 Å². The van der Waals surface area contributed by atoms with Gasteiger partial charge in [-0.05, 0) is 24.6 Å². The maximum Gasteiger partial charge on any atom is 0.210 e. The van der Waals surface area contributed by atoms with Crippen LogP contribution in [0, 0.1) is 0 Å². The third-order valence-electron chi connectivity index (χ3n) is 3.31. The van der Waals surface area contributed by atoms with E-state index in [9.17, 15) is 9.32 Å². The van der Waals surface area contributed by atoms with Gasteiger partial charge in [0.25, 0.3) is 0 Å². The molecule has 1 aliphatic heterocycles. The van der Waals surface area contributed by atoms with Crippen molar-refractivity contribution >= 4 is 10.8 Å². The number of ether oxygens (including phenoxy) is 1. The van der Waals surface area contributed by atoms with E-state index in [1.165, 1.54) is 0 Å². The monoisotopic (exact) mass is 274 g/mol. The Bertz CT molecular complexity index is 622. The first kappa shape index (κ1) is 12.4. The first-order chi connectivity index (χ1) is 9.10. The van der Waals surface area contributed by atoms with E-state index in [0.717, 1.165) is 0 Å². The molecular formula is C15H14O3S. The molecule has 3 rings (SSSR count). The zero-order valence-electron chi connectivity index (χ0n) is 10.4. The lowest BCUT2D eigenvalue weighted by Gasteiger charge is -2.28. The Morgan fingerprint density at radius 3 is 2.42 bits per heavy atom. The largest absolute Gasteiger partial charge is 0.472 e. The molecule has 0 amide bonds. The van der Waals surface area contributed by atoms with E-state index in [1.807, 2.05) is 42.5 Å². The molecule has 1 N–H and O–H groups in total. The van der Waals surface area contributed by atoms with Gasteiger partial charge in [0.15, 0.2) is 0 Å². The molecule has 0 aromatic heterocycles. The van der Waals surface area contributed by atoms with Crippen LogP contribution in [0.4, 0.5) is 0 Å². The van der Waals surface area contributed by atoms with Crippen molar-refractivity contribution in [1.82, 2.24) is 0 Å². The summed E-state index contributed by atoms with van der Waals surface area (Å²) in [5.74, 6) is 0.585. The molecule has 1 aliphatic rings. The maximum absolute atomic E-state index is 12.4. The topological polar surface area (TPSA) is 46.5 Å². The van der Waals surface area contributed by atoms with Crippen LogP contribution >= 0.6 is 0 Å². The van der Waals surface area contributed by atoms with Gasteiger partial charge >= 0.3 is 0 Å². The van der Waals surface area contributed by atoms with Crippen LogP contribution in [0.2, 0.25) is 0 Å². The molecule has 0 aliphatic carbocycles. The van der Waals surface area contributed by atoms with Crippen molar-refractivity contribution in [1.29, 1.82) is 0 Å². The van der Waals surface area contributed by atoms with E-state index in [4.69, 9.17) is 4.74 Å². The highest BCUT2D eigenvalue weighted by Gasteiger charge is 2.45. The van der Waals surface area contributed by atoms with Gasteiger partial charge in [0, 0.05) is 0 Å². The zero-order chi connectivity index (χ0) is 13.5. The molecule has 0 fully saturated rings. The summed E-state index contributed by atoms with van der Waals surface area (Å²) in [5, 5.41) is 10.7. The molecule has 3 atom stereocenters. The van der Waals surface area contributed by atoms with Gasteiger partial charge in [-0.15, -0.1) is 0 Å². The first-order valence-corrected chi connectivity index (χ1v) is 7.26. The normalized spacial score (nSPS) is 24.3. The minimum Gasteiger partial charge on any atom is -0.472 e. The van der Waals surface area contributed by atoms with Gasteiger partial charge in [0.2, 0.25) is 5.44 Å². The summed E-state index contributed by atoms with van der Waals surface area (Å²) >= 11 is 0. The van der Waals surface area contributed by atoms with Crippen LogP contribution in [0.15, 0.2) is 59.5 Å². The SMILES string of the molecule is CC(O)(c1ccccc1)C1Oc2ccccc2S1=O. The summed E-state index contributed by atoms with van der Waals surface area (Å²) in [4.78, 5) is 0.642. The van der Waals surface area contributed by atoms with Crippen molar-refractivity contribution in [3.8, 4) is 5.75 Å². The van der Waals surface area contributed by atoms with Crippen molar-refractivity contribution < 1.29 is 14.1 Å². The summed E-state index contributed by atoms with van der Waals surface area (Å²) in [7, 11) is -1.38. The number of aliphatic hydroxyl groups is 1. The zero-order valence-corrected chi connectivity index (χ0v) is 11.3. The number of para-hydroxylation sites is 1. The minimum absolute atomic E-state index is 0.585. The fourth-order valence-corrected chi connectivity index (χ4v) is 3.72. The Balaban J connectivity index is 1.99. The fourth-order valence-electron chi connectivity index (χ4n) is 2.22. The van der Waals surface area contributed by atoms with Crippen LogP contribution in [0.5, 0.6) is 5.75 Å². The quantitative estimate of drug-likeness (QED) is 0.915. The van der Waals surface area contributed by atoms with Crippen molar-refractivity contribution in [3.05, 3.63) is 60.2 Å². The van der Waals surface area contributed by atoms with Gasteiger partial charge in [0.05, 0.1) is 4.90 Å². The fraction of sp³-hybridized carbons (Fsp3) is 0.200. The predicted octanol–water partition coefficient (Wildman–Crippen LogP) is 2.42. The number of fused-ring (bicyclic) bond motifs is 1. The average Bonchev–Trinajstić information content (AvgIpc) is 2.78. The van der Waals surface area contributed by atoms with Gasteiger partial charge < -0.3 is 9.84 Å². The van der Waals surface area contributed by atoms with E-state index in [1.54, 1.807) is 19.1 Å². The van der Waals surface area contributed by atoms with E-state index in [0.29, 0.717) is 16.2 Å². The van der Waals surface area contributed by atoms with Gasteiger partial charge in [-0.1, -0.05) is 42.5 Å². The molecule has 1 heterocycles. The lowest BCUT2D eigenvalue weighted by molar-refractivity contribution is -0.00944. The Kier molecular flexibility index (Phi) is 2.92. The molecular weight excluding hydrogens is 260 g/mol. The van der Waals surface area contributed by atoms with Crippen molar-refractivity contribution in [2.24, 2.45) is 0 Å². The lowest BCUT2D eigenvalue weighted by Crippen LogP contribution is -2.41. The second-order valence-corrected chi connectivity index (χ2v) is 6.17. The van der Waals surface area contributed by atoms with E-state index in [-0.39, 0.29) is 0 Å². The van der Waals surface area contributed by atoms with Crippen molar-refractivity contribution in [2.75, 3.05) is 0 Å². The van der Waals surface area contributed by atoms with Crippen LogP contribution in [-0.4, -0.2) is 14.8 Å². The van der Waals surface area contributed by atoms with Crippen molar-refractivity contribution in [2.45, 2.75) is 22.9 Å². The van der Waals surface area contributed by atoms with E-state index in [2.05, 4.69) is 0 Å². The molecule has 3 unspecified atom stereocenters. The van der Waals surface area contributed by atoms with Crippen LogP contribution < -0.4 is 4.74 Å². The highest BCUT2D eigenvalue weighted by Crippen LogP contribution is 2.40. The molecule has 3 nitrogen and oxygen atoms in total. The van der Waals surface area contributed by atoms with Crippen LogP contribution in [-0.2, 0) is 16.4 Å². The Morgan fingerprint density at radius 2 is 1.74 bits per heavy atom. The first-order valence-electron chi connectivity index (χ1n) is 6.05. The van der Waals surface area contributed by atoms with Crippen LogP contribution in [0.3, 0.4) is 0 Å². The van der Waals surface area contributed by atoms with Crippen LogP contribution in [0.25, 0.3) is 0 Å². The molecule has 0 spiro atoms. The number of benzene rings is 2. The third kappa shape index (κ3) is 1.97. The summed E-state index contributed by atoms with van der Waals surface area (Å²) < 4.78 is 18.1. The van der Waals surface area contributed by atoms with Crippen LogP contribution in [0.1, 0.15) is 12.5 Å². The standard InChI is InChI=1S/C15H14O3S/c1-15(16,11-7-3-2-4-8-11)14-18-12-9-5-6-10-13(12)19(14)17/h2-10,14,16H,1H3. The minimum atomic E-state index is -1.38. The molecule has 98 valence electrons. The van der Waals surface area contributed by atoms with E-state index < -0.39 is 21.8 Å². The summed E-state index contributed by atoms with van der Waals surface area (Å²) in [6.07, 6.45) is 0. The molecule has 0 saturated carbocycles. The lowest BCUT2D eigenvalue weighted by atomic mass is 9.97. The average molecular weight is 274 g/mol. The maximum atomic E-state index is 12.4. The molecule has 2 aromatic rings. The number of rotatable bonds is 2. The molecule has 0 bridgehead atoms. The van der Waals surface area contributed by atoms with Gasteiger partial charge in [0.1, 0.15) is 22.2 Å². The van der Waals surface area contributed by atoms with Crippen molar-refractivity contribution in [3.63, 3.8) is 0 Å². The van der Waals surface area contributed by atoms with E-state index >= 15 is 0 Å².